The zero-order chi connectivity index (χ0) is 37.5. The van der Waals surface area contributed by atoms with Crippen LogP contribution < -0.4 is 10.4 Å². The summed E-state index contributed by atoms with van der Waals surface area (Å²) in [5.41, 5.74) is 5.83. The number of halogens is 1. The number of benzene rings is 4. The Hall–Kier alpha value is -4.71. The molecule has 0 spiro atoms. The van der Waals surface area contributed by atoms with Crippen LogP contribution in [0.15, 0.2) is 115 Å². The van der Waals surface area contributed by atoms with Gasteiger partial charge in [-0.05, 0) is 51.3 Å². The highest BCUT2D eigenvalue weighted by molar-refractivity contribution is 7.64. The van der Waals surface area contributed by atoms with Crippen molar-refractivity contribution in [2.45, 2.75) is 58.1 Å². The minimum absolute atomic E-state index is 0.117. The van der Waals surface area contributed by atoms with E-state index in [1.165, 1.54) is 19.2 Å². The highest BCUT2D eigenvalue weighted by Crippen LogP contribution is 2.48. The van der Waals surface area contributed by atoms with E-state index in [-0.39, 0.29) is 12.1 Å². The van der Waals surface area contributed by atoms with Crippen molar-refractivity contribution in [3.8, 4) is 34.2 Å². The maximum Gasteiger partial charge on any atom is 0.305 e. The average Bonchev–Trinajstić information content (AvgIpc) is 3.13. The molecule has 0 aliphatic rings. The van der Waals surface area contributed by atoms with Gasteiger partial charge in [0.1, 0.15) is 5.82 Å². The van der Waals surface area contributed by atoms with Crippen LogP contribution in [-0.4, -0.2) is 48.7 Å². The number of aromatic nitrogens is 2. The van der Waals surface area contributed by atoms with Crippen molar-refractivity contribution < 1.29 is 27.8 Å². The Labute approximate surface area is 306 Å². The third-order valence-electron chi connectivity index (χ3n) is 8.89. The van der Waals surface area contributed by atoms with Gasteiger partial charge in [0.25, 0.3) is 15.7 Å². The number of hydrogen-bond acceptors (Lipinski definition) is 6. The summed E-state index contributed by atoms with van der Waals surface area (Å²) >= 11 is 0. The van der Waals surface area contributed by atoms with E-state index in [9.17, 15) is 18.9 Å². The van der Waals surface area contributed by atoms with E-state index in [4.69, 9.17) is 18.9 Å². The number of carboxylic acid groups (broad SMARTS) is 1. The maximum atomic E-state index is 14.7. The molecule has 268 valence electrons. The number of nitrogens with zero attached hydrogens (tertiary/aromatic N) is 2. The summed E-state index contributed by atoms with van der Waals surface area (Å²) in [4.78, 5) is 22.2. The van der Waals surface area contributed by atoms with E-state index in [2.05, 4.69) is 32.4 Å². The number of aliphatic carboxylic acids is 1. The van der Waals surface area contributed by atoms with Gasteiger partial charge in [-0.25, -0.2) is 14.4 Å². The summed E-state index contributed by atoms with van der Waals surface area (Å²) in [6, 6.07) is 35.2. The molecule has 2 unspecified atom stereocenters. The van der Waals surface area contributed by atoms with Gasteiger partial charge in [-0.3, -0.25) is 9.36 Å². The summed E-state index contributed by atoms with van der Waals surface area (Å²) in [5, 5.41) is 11.6. The van der Waals surface area contributed by atoms with Crippen LogP contribution in [-0.2, 0) is 18.3 Å². The molecule has 0 fully saturated rings. The van der Waals surface area contributed by atoms with Gasteiger partial charge in [-0.1, -0.05) is 132 Å². The second-order valence-corrected chi connectivity index (χ2v) is 20.5. The van der Waals surface area contributed by atoms with E-state index >= 15 is 0 Å². The van der Waals surface area contributed by atoms with E-state index in [1.807, 2.05) is 105 Å². The van der Waals surface area contributed by atoms with Crippen LogP contribution in [0, 0.1) is 17.4 Å². The van der Waals surface area contributed by atoms with Crippen molar-refractivity contribution in [1.82, 2.24) is 9.97 Å². The van der Waals surface area contributed by atoms with Crippen molar-refractivity contribution >= 4 is 32.0 Å². The summed E-state index contributed by atoms with van der Waals surface area (Å²) in [6.45, 7) is 10.2. The molecule has 1 N–H and O–H groups in total. The van der Waals surface area contributed by atoms with Crippen LogP contribution >= 0.6 is 7.37 Å². The monoisotopic (exact) mass is 734 g/mol. The van der Waals surface area contributed by atoms with Gasteiger partial charge in [0, 0.05) is 18.2 Å². The Bertz CT molecular complexity index is 2060. The van der Waals surface area contributed by atoms with Crippen LogP contribution in [0.4, 0.5) is 4.39 Å². The van der Waals surface area contributed by atoms with Crippen molar-refractivity contribution in [2.75, 3.05) is 13.3 Å². The zero-order valence-electron chi connectivity index (χ0n) is 30.3. The van der Waals surface area contributed by atoms with Crippen LogP contribution in [0.2, 0.25) is 5.04 Å². The number of hydrogen-bond donors (Lipinski definition) is 1. The van der Waals surface area contributed by atoms with Crippen LogP contribution in [0.5, 0.6) is 0 Å². The maximum absolute atomic E-state index is 14.7. The Morgan fingerprint density at radius 2 is 1.38 bits per heavy atom. The highest BCUT2D eigenvalue weighted by Gasteiger charge is 2.52. The predicted octanol–water partition coefficient (Wildman–Crippen LogP) is 8.73. The molecule has 7 nitrogen and oxygen atoms in total. The standard InChI is InChI=1S/C42H44FN2O5PSi/c1-30(2)39-37(40(31-22-24-33(43)25-23-31)45-41(44-39)32-16-10-7-11-17-32)26-27-51(48,49-6)29-34(28-38(46)47)50-52(42(3,4)5,35-18-12-8-13-19-35)36-20-14-9-15-21-36/h7-25,30,34H,28-29H2,1-6H3,(H,46,47). The molecule has 10 heteroatoms. The average molecular weight is 735 g/mol. The molecule has 52 heavy (non-hydrogen) atoms. The number of carbonyl (C=O) groups is 1. The van der Waals surface area contributed by atoms with Gasteiger partial charge in [0.2, 0.25) is 0 Å². The van der Waals surface area contributed by atoms with Gasteiger partial charge in [0.05, 0.1) is 35.6 Å². The Morgan fingerprint density at radius 3 is 1.87 bits per heavy atom. The Morgan fingerprint density at radius 1 is 0.846 bits per heavy atom. The van der Waals surface area contributed by atoms with Crippen LogP contribution in [0.25, 0.3) is 22.6 Å². The normalized spacial score (nSPS) is 13.5. The third kappa shape index (κ3) is 8.66. The lowest BCUT2D eigenvalue weighted by molar-refractivity contribution is -0.138. The lowest BCUT2D eigenvalue weighted by atomic mass is 9.98. The highest BCUT2D eigenvalue weighted by atomic mass is 31.2. The molecule has 0 amide bonds. The quantitative estimate of drug-likeness (QED) is 0.0778. The Kier molecular flexibility index (Phi) is 12.1. The molecule has 0 saturated carbocycles. The van der Waals surface area contributed by atoms with Gasteiger partial charge in [0.15, 0.2) is 5.82 Å². The fourth-order valence-corrected chi connectivity index (χ4v) is 12.6. The molecular weight excluding hydrogens is 691 g/mol. The molecule has 2 atom stereocenters. The van der Waals surface area contributed by atoms with Crippen molar-refractivity contribution in [3.63, 3.8) is 0 Å². The first-order chi connectivity index (χ1) is 24.8. The fraction of sp³-hybridized carbons (Fsp3) is 0.262. The summed E-state index contributed by atoms with van der Waals surface area (Å²) in [7, 11) is -5.80. The molecule has 0 aliphatic carbocycles. The van der Waals surface area contributed by atoms with Crippen LogP contribution in [0.3, 0.4) is 0 Å². The fourth-order valence-electron chi connectivity index (χ4n) is 6.41. The smallest absolute Gasteiger partial charge is 0.305 e. The molecule has 1 aromatic heterocycles. The first-order valence-electron chi connectivity index (χ1n) is 17.2. The van der Waals surface area contributed by atoms with Gasteiger partial charge < -0.3 is 14.1 Å². The first kappa shape index (κ1) is 38.5. The van der Waals surface area contributed by atoms with Crippen molar-refractivity contribution in [1.29, 1.82) is 0 Å². The molecule has 5 aromatic rings. The van der Waals surface area contributed by atoms with Crippen molar-refractivity contribution in [3.05, 3.63) is 132 Å². The molecule has 4 aromatic carbocycles. The van der Waals surface area contributed by atoms with E-state index in [0.717, 1.165) is 15.9 Å². The molecule has 0 bridgehead atoms. The SMILES string of the molecule is COP(=O)(C#Cc1c(-c2ccc(F)cc2)nc(-c2ccccc2)nc1C(C)C)CC(CC(=O)O)O[Si](c1ccccc1)(c1ccccc1)C(C)(C)C. The molecular formula is C42H44FN2O5PSi. The van der Waals surface area contributed by atoms with E-state index in [1.54, 1.807) is 12.1 Å². The zero-order valence-corrected chi connectivity index (χ0v) is 32.2. The lowest BCUT2D eigenvalue weighted by Crippen LogP contribution is -2.68. The van der Waals surface area contributed by atoms with E-state index < -0.39 is 45.0 Å². The second-order valence-electron chi connectivity index (χ2n) is 14.0. The minimum Gasteiger partial charge on any atom is -0.481 e. The van der Waals surface area contributed by atoms with Crippen molar-refractivity contribution in [2.24, 2.45) is 0 Å². The van der Waals surface area contributed by atoms with Gasteiger partial charge in [-0.2, -0.15) is 0 Å². The second kappa shape index (κ2) is 16.3. The predicted molar refractivity (Wildman–Crippen MR) is 208 cm³/mol. The summed E-state index contributed by atoms with van der Waals surface area (Å²) in [6.07, 6.45) is -1.69. The largest absolute Gasteiger partial charge is 0.481 e. The number of rotatable bonds is 12. The molecule has 0 aliphatic heterocycles. The van der Waals surface area contributed by atoms with Gasteiger partial charge >= 0.3 is 5.97 Å². The molecule has 0 radical (unpaired) electrons. The first-order valence-corrected chi connectivity index (χ1v) is 20.9. The number of carboxylic acids is 1. The summed E-state index contributed by atoms with van der Waals surface area (Å²) < 4.78 is 41.5. The molecule has 1 heterocycles. The third-order valence-corrected chi connectivity index (χ3v) is 15.9. The molecule has 5 rings (SSSR count). The van der Waals surface area contributed by atoms with E-state index in [0.29, 0.717) is 28.3 Å². The van der Waals surface area contributed by atoms with Gasteiger partial charge in [-0.15, -0.1) is 0 Å². The Balaban J connectivity index is 1.65. The topological polar surface area (TPSA) is 98.6 Å². The lowest BCUT2D eigenvalue weighted by Gasteiger charge is -2.45. The summed E-state index contributed by atoms with van der Waals surface area (Å²) in [5.74, 6) is 1.98. The minimum atomic E-state index is -3.88. The molecule has 0 saturated heterocycles. The van der Waals surface area contributed by atoms with Crippen LogP contribution in [0.1, 0.15) is 58.2 Å².